The lowest BCUT2D eigenvalue weighted by molar-refractivity contribution is -0.193. The molecule has 1 aromatic heterocycles. The summed E-state index contributed by atoms with van der Waals surface area (Å²) in [5.41, 5.74) is -0.226. The maximum Gasteiger partial charge on any atom is 0.490 e. The molecule has 3 saturated heterocycles. The van der Waals surface area contributed by atoms with Gasteiger partial charge < -0.3 is 19.8 Å². The summed E-state index contributed by atoms with van der Waals surface area (Å²) in [5.74, 6) is -4.78. The molecular weight excluding hydrogens is 524 g/mol. The molecule has 1 atom stereocenters. The Bertz CT molecular complexity index is 913. The summed E-state index contributed by atoms with van der Waals surface area (Å²) >= 11 is 0. The standard InChI is InChI=1S/C15H21N5O3.2C2HF3O2/c1-18-9-15(10-19(11-15)14-16-4-2-5-17-14)22-8-12(18)13(21)20-6-3-7-23-20;2*3-2(4,5)1(6)7/h2,4-5,12H,3,6-11H2,1H3;2*(H,6,7). The maximum atomic E-state index is 12.5. The average molecular weight is 547 g/mol. The fourth-order valence-corrected chi connectivity index (χ4v) is 3.48. The number of carboxylic acid groups (broad SMARTS) is 2. The third-order valence-corrected chi connectivity index (χ3v) is 5.18. The lowest BCUT2D eigenvalue weighted by Gasteiger charge is -2.54. The number of halogens is 6. The number of carbonyl (C=O) groups excluding carboxylic acids is 1. The number of ether oxygens (including phenoxy) is 1. The second-order valence-electron chi connectivity index (χ2n) is 8.06. The molecule has 12 nitrogen and oxygen atoms in total. The van der Waals surface area contributed by atoms with Gasteiger partial charge in [0.25, 0.3) is 5.91 Å². The van der Waals surface area contributed by atoms with Gasteiger partial charge in [-0.3, -0.25) is 14.5 Å². The Morgan fingerprint density at radius 3 is 1.92 bits per heavy atom. The molecule has 1 amide bonds. The molecule has 0 aliphatic carbocycles. The topological polar surface area (TPSA) is 146 Å². The molecule has 3 aliphatic heterocycles. The van der Waals surface area contributed by atoms with Crippen LogP contribution in [0.15, 0.2) is 18.5 Å². The molecule has 1 spiro atoms. The number of aliphatic carboxylic acids is 2. The number of carboxylic acids is 2. The molecule has 4 rings (SSSR count). The number of alkyl halides is 6. The minimum Gasteiger partial charge on any atom is -0.475 e. The lowest BCUT2D eigenvalue weighted by atomic mass is 9.91. The van der Waals surface area contributed by atoms with Gasteiger partial charge in [-0.1, -0.05) is 0 Å². The van der Waals surface area contributed by atoms with Crippen molar-refractivity contribution < 1.29 is 60.5 Å². The molecule has 2 N–H and O–H groups in total. The number of hydrogen-bond acceptors (Lipinski definition) is 9. The second kappa shape index (κ2) is 11.9. The summed E-state index contributed by atoms with van der Waals surface area (Å²) in [4.78, 5) is 48.3. The van der Waals surface area contributed by atoms with E-state index in [9.17, 15) is 31.1 Å². The van der Waals surface area contributed by atoms with Gasteiger partial charge in [-0.2, -0.15) is 26.3 Å². The molecule has 0 radical (unpaired) electrons. The molecule has 0 aromatic carbocycles. The van der Waals surface area contributed by atoms with Crippen molar-refractivity contribution in [1.82, 2.24) is 19.9 Å². The largest absolute Gasteiger partial charge is 0.490 e. The Morgan fingerprint density at radius 2 is 1.51 bits per heavy atom. The van der Waals surface area contributed by atoms with E-state index in [1.54, 1.807) is 18.5 Å². The molecule has 3 aliphatic rings. The van der Waals surface area contributed by atoms with Gasteiger partial charge in [-0.15, -0.1) is 0 Å². The first kappa shape index (κ1) is 30.0. The van der Waals surface area contributed by atoms with Crippen LogP contribution in [0.2, 0.25) is 0 Å². The summed E-state index contributed by atoms with van der Waals surface area (Å²) in [5, 5.41) is 15.7. The van der Waals surface area contributed by atoms with Gasteiger partial charge in [0.1, 0.15) is 11.6 Å². The van der Waals surface area contributed by atoms with E-state index in [2.05, 4.69) is 19.8 Å². The molecule has 37 heavy (non-hydrogen) atoms. The second-order valence-corrected chi connectivity index (χ2v) is 8.06. The minimum absolute atomic E-state index is 0.00224. The number of anilines is 1. The lowest BCUT2D eigenvalue weighted by Crippen LogP contribution is -2.72. The highest BCUT2D eigenvalue weighted by Crippen LogP contribution is 2.33. The number of rotatable bonds is 2. The van der Waals surface area contributed by atoms with Crippen LogP contribution in [0.5, 0.6) is 0 Å². The number of hydrogen-bond donors (Lipinski definition) is 2. The van der Waals surface area contributed by atoms with Crippen LogP contribution >= 0.6 is 0 Å². The van der Waals surface area contributed by atoms with E-state index in [1.165, 1.54) is 5.06 Å². The highest BCUT2D eigenvalue weighted by molar-refractivity contribution is 5.81. The Balaban J connectivity index is 0.000000286. The van der Waals surface area contributed by atoms with Crippen molar-refractivity contribution in [3.63, 3.8) is 0 Å². The Hall–Kier alpha value is -3.25. The molecule has 1 unspecified atom stereocenters. The molecule has 3 fully saturated rings. The molecular formula is C19H23F6N5O7. The number of amides is 1. The Kier molecular flexibility index (Phi) is 9.61. The minimum atomic E-state index is -5.08. The zero-order valence-electron chi connectivity index (χ0n) is 19.2. The van der Waals surface area contributed by atoms with Gasteiger partial charge in [0.15, 0.2) is 0 Å². The van der Waals surface area contributed by atoms with Crippen LogP contribution in [0.4, 0.5) is 32.3 Å². The summed E-state index contributed by atoms with van der Waals surface area (Å²) in [7, 11) is 1.98. The first-order valence-corrected chi connectivity index (χ1v) is 10.5. The van der Waals surface area contributed by atoms with Gasteiger partial charge in [0, 0.05) is 18.9 Å². The van der Waals surface area contributed by atoms with E-state index < -0.39 is 24.3 Å². The van der Waals surface area contributed by atoms with E-state index >= 15 is 0 Å². The molecule has 1 aromatic rings. The number of nitrogens with zero attached hydrogens (tertiary/aromatic N) is 5. The van der Waals surface area contributed by atoms with E-state index in [0.29, 0.717) is 19.8 Å². The van der Waals surface area contributed by atoms with Crippen LogP contribution in [0.3, 0.4) is 0 Å². The molecule has 0 saturated carbocycles. The van der Waals surface area contributed by atoms with Crippen molar-refractivity contribution >= 4 is 23.8 Å². The predicted octanol–water partition coefficient (Wildman–Crippen LogP) is 0.796. The SMILES string of the molecule is CN1CC2(CN(c3ncccn3)C2)OCC1C(=O)N1CCCO1.O=C(O)C(F)(F)F.O=C(O)C(F)(F)F. The van der Waals surface area contributed by atoms with Crippen molar-refractivity contribution in [2.75, 3.05) is 51.3 Å². The van der Waals surface area contributed by atoms with Gasteiger partial charge in [0.2, 0.25) is 5.95 Å². The van der Waals surface area contributed by atoms with E-state index in [-0.39, 0.29) is 17.6 Å². The smallest absolute Gasteiger partial charge is 0.475 e. The number of aromatic nitrogens is 2. The summed E-state index contributed by atoms with van der Waals surface area (Å²) in [6.45, 7) is 3.93. The predicted molar refractivity (Wildman–Crippen MR) is 109 cm³/mol. The highest BCUT2D eigenvalue weighted by Gasteiger charge is 2.51. The van der Waals surface area contributed by atoms with Crippen molar-refractivity contribution in [2.24, 2.45) is 0 Å². The van der Waals surface area contributed by atoms with Crippen molar-refractivity contribution in [2.45, 2.75) is 30.4 Å². The summed E-state index contributed by atoms with van der Waals surface area (Å²) in [6, 6.07) is 1.54. The number of carbonyl (C=O) groups is 3. The molecule has 4 heterocycles. The highest BCUT2D eigenvalue weighted by atomic mass is 19.4. The van der Waals surface area contributed by atoms with Crippen LogP contribution in [0.1, 0.15) is 6.42 Å². The Morgan fingerprint density at radius 1 is 1.00 bits per heavy atom. The van der Waals surface area contributed by atoms with E-state index in [0.717, 1.165) is 32.0 Å². The molecule has 0 bridgehead atoms. The van der Waals surface area contributed by atoms with Gasteiger partial charge in [-0.25, -0.2) is 24.6 Å². The summed E-state index contributed by atoms with van der Waals surface area (Å²) < 4.78 is 69.5. The number of likely N-dealkylation sites (N-methyl/N-ethyl adjacent to an activating group) is 1. The third-order valence-electron chi connectivity index (χ3n) is 5.18. The maximum absolute atomic E-state index is 12.5. The van der Waals surface area contributed by atoms with Crippen molar-refractivity contribution in [1.29, 1.82) is 0 Å². The van der Waals surface area contributed by atoms with Crippen LogP contribution in [0.25, 0.3) is 0 Å². The van der Waals surface area contributed by atoms with Crippen molar-refractivity contribution in [3.8, 4) is 0 Å². The first-order valence-electron chi connectivity index (χ1n) is 10.5. The molecule has 208 valence electrons. The Labute approximate surface area is 205 Å². The fourth-order valence-electron chi connectivity index (χ4n) is 3.48. The van der Waals surface area contributed by atoms with Crippen molar-refractivity contribution in [3.05, 3.63) is 18.5 Å². The van der Waals surface area contributed by atoms with Crippen LogP contribution in [-0.4, -0.2) is 118 Å². The van der Waals surface area contributed by atoms with Gasteiger partial charge in [0.05, 0.1) is 32.8 Å². The normalized spacial score (nSPS) is 21.2. The fraction of sp³-hybridized carbons (Fsp3) is 0.632. The zero-order chi connectivity index (χ0) is 28.0. The monoisotopic (exact) mass is 547 g/mol. The van der Waals surface area contributed by atoms with E-state index in [1.807, 2.05) is 7.05 Å². The van der Waals surface area contributed by atoms with E-state index in [4.69, 9.17) is 29.4 Å². The first-order chi connectivity index (χ1) is 17.1. The summed E-state index contributed by atoms with van der Waals surface area (Å²) in [6.07, 6.45) is -5.78. The molecule has 18 heteroatoms. The van der Waals surface area contributed by atoms with Crippen LogP contribution in [0, 0.1) is 0 Å². The third kappa shape index (κ3) is 8.39. The van der Waals surface area contributed by atoms with Gasteiger partial charge in [-0.05, 0) is 19.5 Å². The quantitative estimate of drug-likeness (QED) is 0.507. The number of morpholine rings is 1. The van der Waals surface area contributed by atoms with Crippen LogP contribution < -0.4 is 4.90 Å². The zero-order valence-corrected chi connectivity index (χ0v) is 19.2. The average Bonchev–Trinajstić information content (AvgIpc) is 3.32. The van der Waals surface area contributed by atoms with Crippen LogP contribution in [-0.2, 0) is 24.0 Å². The van der Waals surface area contributed by atoms with Gasteiger partial charge >= 0.3 is 24.3 Å². The number of hydroxylamine groups is 2.